The van der Waals surface area contributed by atoms with Gasteiger partial charge in [0.2, 0.25) is 5.91 Å². The Balaban J connectivity index is 2.08. The summed E-state index contributed by atoms with van der Waals surface area (Å²) >= 11 is 9.02. The molecule has 7 heteroatoms. The molecule has 20 heavy (non-hydrogen) atoms. The third-order valence-electron chi connectivity index (χ3n) is 3.41. The Morgan fingerprint density at radius 1 is 1.35 bits per heavy atom. The molecule has 1 fully saturated rings. The highest BCUT2D eigenvalue weighted by Crippen LogP contribution is 2.35. The zero-order valence-electron chi connectivity index (χ0n) is 10.3. The van der Waals surface area contributed by atoms with Gasteiger partial charge in [0.15, 0.2) is 0 Å². The third kappa shape index (κ3) is 3.30. The van der Waals surface area contributed by atoms with Crippen LogP contribution in [0.4, 0.5) is 10.1 Å². The van der Waals surface area contributed by atoms with Gasteiger partial charge in [0, 0.05) is 10.4 Å². The molecule has 0 bridgehead atoms. The van der Waals surface area contributed by atoms with E-state index in [4.69, 9.17) is 16.7 Å². The SMILES string of the molecule is O=C(O)[C@H]1CC[C@@H](C(=O)Nc2c(Cl)cc(F)cc2Br)C1. The number of anilines is 1. The average molecular weight is 365 g/mol. The fourth-order valence-electron chi connectivity index (χ4n) is 2.33. The van der Waals surface area contributed by atoms with Crippen molar-refractivity contribution in [2.45, 2.75) is 19.3 Å². The Labute approximate surface area is 128 Å². The van der Waals surface area contributed by atoms with Gasteiger partial charge in [0.1, 0.15) is 5.82 Å². The fraction of sp³-hybridized carbons (Fsp3) is 0.385. The molecule has 1 saturated carbocycles. The van der Waals surface area contributed by atoms with Crippen LogP contribution in [-0.2, 0) is 9.59 Å². The number of hydrogen-bond acceptors (Lipinski definition) is 2. The summed E-state index contributed by atoms with van der Waals surface area (Å²) in [6.07, 6.45) is 1.34. The quantitative estimate of drug-likeness (QED) is 0.860. The number of benzene rings is 1. The maximum atomic E-state index is 13.1. The van der Waals surface area contributed by atoms with Crippen LogP contribution in [0.1, 0.15) is 19.3 Å². The minimum atomic E-state index is -0.874. The Morgan fingerprint density at radius 2 is 2.00 bits per heavy atom. The number of carboxylic acids is 1. The number of nitrogens with one attached hydrogen (secondary N) is 1. The highest BCUT2D eigenvalue weighted by molar-refractivity contribution is 9.10. The first-order valence-corrected chi connectivity index (χ1v) is 7.23. The van der Waals surface area contributed by atoms with E-state index in [1.807, 2.05) is 0 Å². The molecule has 2 rings (SSSR count). The molecule has 4 nitrogen and oxygen atoms in total. The van der Waals surface area contributed by atoms with Crippen LogP contribution in [0.15, 0.2) is 16.6 Å². The topological polar surface area (TPSA) is 66.4 Å². The van der Waals surface area contributed by atoms with Crippen LogP contribution < -0.4 is 5.32 Å². The fourth-order valence-corrected chi connectivity index (χ4v) is 3.23. The van der Waals surface area contributed by atoms with Crippen molar-refractivity contribution in [2.24, 2.45) is 11.8 Å². The lowest BCUT2D eigenvalue weighted by Crippen LogP contribution is -2.22. The number of carboxylic acid groups (broad SMARTS) is 1. The number of carbonyl (C=O) groups excluding carboxylic acids is 1. The van der Waals surface area contributed by atoms with Gasteiger partial charge in [-0.25, -0.2) is 4.39 Å². The molecule has 1 amide bonds. The Kier molecular flexibility index (Phi) is 4.65. The average Bonchev–Trinajstić information content (AvgIpc) is 2.83. The van der Waals surface area contributed by atoms with Gasteiger partial charge in [-0.2, -0.15) is 0 Å². The predicted octanol–water partition coefficient (Wildman–Crippen LogP) is 3.68. The molecule has 2 atom stereocenters. The van der Waals surface area contributed by atoms with Crippen molar-refractivity contribution in [2.75, 3.05) is 5.32 Å². The summed E-state index contributed by atoms with van der Waals surface area (Å²) < 4.78 is 13.4. The largest absolute Gasteiger partial charge is 0.481 e. The van der Waals surface area contributed by atoms with Gasteiger partial charge in [0.05, 0.1) is 16.6 Å². The number of hydrogen-bond donors (Lipinski definition) is 2. The molecular formula is C13H12BrClFNO3. The highest BCUT2D eigenvalue weighted by Gasteiger charge is 2.34. The molecule has 1 aliphatic rings. The van der Waals surface area contributed by atoms with Crippen molar-refractivity contribution in [3.05, 3.63) is 27.4 Å². The van der Waals surface area contributed by atoms with E-state index in [1.165, 1.54) is 6.07 Å². The van der Waals surface area contributed by atoms with Crippen LogP contribution in [0.3, 0.4) is 0 Å². The smallest absolute Gasteiger partial charge is 0.306 e. The molecule has 0 aliphatic heterocycles. The number of rotatable bonds is 3. The molecule has 0 aromatic heterocycles. The monoisotopic (exact) mass is 363 g/mol. The zero-order chi connectivity index (χ0) is 14.9. The molecule has 0 radical (unpaired) electrons. The van der Waals surface area contributed by atoms with Crippen molar-refractivity contribution < 1.29 is 19.1 Å². The first kappa shape index (κ1) is 15.3. The summed E-state index contributed by atoms with van der Waals surface area (Å²) in [5.41, 5.74) is 0.303. The van der Waals surface area contributed by atoms with Crippen LogP contribution in [0.5, 0.6) is 0 Å². The number of amides is 1. The van der Waals surface area contributed by atoms with E-state index in [9.17, 15) is 14.0 Å². The van der Waals surface area contributed by atoms with Crippen LogP contribution >= 0.6 is 27.5 Å². The predicted molar refractivity (Wildman–Crippen MR) is 76.2 cm³/mol. The van der Waals surface area contributed by atoms with Gasteiger partial charge in [-0.3, -0.25) is 9.59 Å². The lowest BCUT2D eigenvalue weighted by atomic mass is 10.0. The first-order valence-electron chi connectivity index (χ1n) is 6.06. The summed E-state index contributed by atoms with van der Waals surface area (Å²) in [5, 5.41) is 11.6. The van der Waals surface area contributed by atoms with Gasteiger partial charge < -0.3 is 10.4 Å². The van der Waals surface area contributed by atoms with Crippen molar-refractivity contribution in [1.82, 2.24) is 0 Å². The molecule has 1 aromatic carbocycles. The molecule has 0 unspecified atom stereocenters. The second-order valence-electron chi connectivity index (χ2n) is 4.78. The van der Waals surface area contributed by atoms with Gasteiger partial charge in [-0.05, 0) is 47.3 Å². The second-order valence-corrected chi connectivity index (χ2v) is 6.04. The zero-order valence-corrected chi connectivity index (χ0v) is 12.7. The number of halogens is 3. The Morgan fingerprint density at radius 3 is 2.55 bits per heavy atom. The molecular weight excluding hydrogens is 353 g/mol. The molecule has 1 aromatic rings. The summed E-state index contributed by atoms with van der Waals surface area (Å²) in [7, 11) is 0. The normalized spacial score (nSPS) is 21.8. The van der Waals surface area contributed by atoms with Gasteiger partial charge in [0.25, 0.3) is 0 Å². The lowest BCUT2D eigenvalue weighted by molar-refractivity contribution is -0.141. The standard InChI is InChI=1S/C13H12BrClFNO3/c14-9-4-8(16)5-10(15)11(9)17-12(18)6-1-2-7(3-6)13(19)20/h4-7H,1-3H2,(H,17,18)(H,19,20)/t6-,7+/m1/s1. The molecule has 1 aliphatic carbocycles. The number of aliphatic carboxylic acids is 1. The van der Waals surface area contributed by atoms with E-state index in [-0.39, 0.29) is 16.8 Å². The molecule has 0 heterocycles. The molecule has 108 valence electrons. The Bertz CT molecular complexity index is 544. The van der Waals surface area contributed by atoms with Gasteiger partial charge in [-0.1, -0.05) is 11.6 Å². The van der Waals surface area contributed by atoms with Crippen molar-refractivity contribution >= 4 is 45.1 Å². The van der Waals surface area contributed by atoms with E-state index in [0.717, 1.165) is 6.07 Å². The summed E-state index contributed by atoms with van der Waals surface area (Å²) in [4.78, 5) is 23.0. The number of carbonyl (C=O) groups is 2. The summed E-state index contributed by atoms with van der Waals surface area (Å²) in [6, 6.07) is 2.31. The van der Waals surface area contributed by atoms with Crippen molar-refractivity contribution in [3.63, 3.8) is 0 Å². The van der Waals surface area contributed by atoms with Crippen LogP contribution in [0.25, 0.3) is 0 Å². The van der Waals surface area contributed by atoms with E-state index in [0.29, 0.717) is 29.4 Å². The van der Waals surface area contributed by atoms with Crippen LogP contribution in [0.2, 0.25) is 5.02 Å². The van der Waals surface area contributed by atoms with E-state index in [1.54, 1.807) is 0 Å². The molecule has 2 N–H and O–H groups in total. The van der Waals surface area contributed by atoms with E-state index in [2.05, 4.69) is 21.2 Å². The maximum absolute atomic E-state index is 13.1. The summed E-state index contributed by atoms with van der Waals surface area (Å²) in [5.74, 6) is -2.50. The Hall–Kier alpha value is -1.14. The van der Waals surface area contributed by atoms with E-state index < -0.39 is 17.7 Å². The third-order valence-corrected chi connectivity index (χ3v) is 4.33. The maximum Gasteiger partial charge on any atom is 0.306 e. The lowest BCUT2D eigenvalue weighted by Gasteiger charge is -2.13. The molecule has 0 saturated heterocycles. The van der Waals surface area contributed by atoms with Crippen molar-refractivity contribution in [3.8, 4) is 0 Å². The first-order chi connectivity index (χ1) is 9.38. The van der Waals surface area contributed by atoms with Crippen LogP contribution in [-0.4, -0.2) is 17.0 Å². The highest BCUT2D eigenvalue weighted by atomic mass is 79.9. The van der Waals surface area contributed by atoms with Gasteiger partial charge in [-0.15, -0.1) is 0 Å². The van der Waals surface area contributed by atoms with E-state index >= 15 is 0 Å². The van der Waals surface area contributed by atoms with Crippen LogP contribution in [0, 0.1) is 17.7 Å². The second kappa shape index (κ2) is 6.10. The summed E-state index contributed by atoms with van der Waals surface area (Å²) in [6.45, 7) is 0. The molecule has 0 spiro atoms. The van der Waals surface area contributed by atoms with Crippen molar-refractivity contribution in [1.29, 1.82) is 0 Å². The minimum absolute atomic E-state index is 0.0954. The van der Waals surface area contributed by atoms with Gasteiger partial charge >= 0.3 is 5.97 Å². The minimum Gasteiger partial charge on any atom is -0.481 e.